The minimum absolute atomic E-state index is 0.293. The van der Waals surface area contributed by atoms with Crippen LogP contribution in [0.15, 0.2) is 12.3 Å². The summed E-state index contributed by atoms with van der Waals surface area (Å²) < 4.78 is 10.5. The molecule has 2 atom stereocenters. The van der Waals surface area contributed by atoms with Gasteiger partial charge in [0.15, 0.2) is 0 Å². The normalized spacial score (nSPS) is 19.8. The largest absolute Gasteiger partial charge is 0.491 e. The maximum atomic E-state index is 10.9. The third kappa shape index (κ3) is 2.01. The van der Waals surface area contributed by atoms with Gasteiger partial charge < -0.3 is 9.47 Å². The Labute approximate surface area is 94.6 Å². The van der Waals surface area contributed by atoms with E-state index >= 15 is 0 Å². The number of rotatable bonds is 2. The molecule has 0 spiro atoms. The maximum Gasteiger partial charge on any atom is 0.303 e. The highest BCUT2D eigenvalue weighted by atomic mass is 16.5. The fraction of sp³-hybridized carbons (Fsp3) is 0.500. The van der Waals surface area contributed by atoms with E-state index < -0.39 is 0 Å². The first-order valence-electron chi connectivity index (χ1n) is 5.37. The molecule has 1 aliphatic heterocycles. The van der Waals surface area contributed by atoms with Crippen molar-refractivity contribution in [2.24, 2.45) is 0 Å². The lowest BCUT2D eigenvalue weighted by atomic mass is 10.0. The summed E-state index contributed by atoms with van der Waals surface area (Å²) in [6.07, 6.45) is 1.39. The van der Waals surface area contributed by atoms with Gasteiger partial charge in [0.1, 0.15) is 11.9 Å². The molecule has 1 aromatic rings. The molecule has 4 nitrogen and oxygen atoms in total. The summed E-state index contributed by atoms with van der Waals surface area (Å²) in [7, 11) is 0. The Hall–Kier alpha value is -1.58. The number of esters is 1. The van der Waals surface area contributed by atoms with E-state index in [-0.39, 0.29) is 12.1 Å². The molecule has 4 heteroatoms. The molecule has 2 heterocycles. The van der Waals surface area contributed by atoms with Crippen LogP contribution in [0.5, 0.6) is 5.75 Å². The number of nitrogens with zero attached hydrogens (tertiary/aromatic N) is 1. The number of carbonyl (C=O) groups is 1. The van der Waals surface area contributed by atoms with E-state index in [1.54, 1.807) is 6.20 Å². The van der Waals surface area contributed by atoms with Crippen LogP contribution in [-0.4, -0.2) is 17.6 Å². The van der Waals surface area contributed by atoms with Crippen LogP contribution in [-0.2, 0) is 9.53 Å². The molecule has 0 saturated carbocycles. The number of hydrogen-bond acceptors (Lipinski definition) is 4. The number of fused-ring (bicyclic) bond motifs is 1. The number of ether oxygens (including phenoxy) is 2. The standard InChI is InChI=1S/C12H15NO3/c1-7-6-15-12-5-13-11(4-10(7)12)8(2)16-9(3)14/h4-5,7-8H,6H2,1-3H3/t7?,8-/m0/s1. The average Bonchev–Trinajstić information content (AvgIpc) is 2.59. The molecule has 0 radical (unpaired) electrons. The smallest absolute Gasteiger partial charge is 0.303 e. The first-order chi connectivity index (χ1) is 7.58. The van der Waals surface area contributed by atoms with Gasteiger partial charge in [-0.2, -0.15) is 0 Å². The quantitative estimate of drug-likeness (QED) is 0.718. The van der Waals surface area contributed by atoms with E-state index in [4.69, 9.17) is 9.47 Å². The highest BCUT2D eigenvalue weighted by Crippen LogP contribution is 2.34. The molecule has 0 fully saturated rings. The van der Waals surface area contributed by atoms with Crippen molar-refractivity contribution in [3.8, 4) is 5.75 Å². The summed E-state index contributed by atoms with van der Waals surface area (Å²) in [5.41, 5.74) is 1.91. The summed E-state index contributed by atoms with van der Waals surface area (Å²) in [6, 6.07) is 1.96. The zero-order chi connectivity index (χ0) is 11.7. The van der Waals surface area contributed by atoms with Crippen molar-refractivity contribution in [1.82, 2.24) is 4.98 Å². The van der Waals surface area contributed by atoms with E-state index in [0.29, 0.717) is 12.5 Å². The van der Waals surface area contributed by atoms with Crippen LogP contribution in [0.25, 0.3) is 0 Å². The van der Waals surface area contributed by atoms with Crippen LogP contribution in [0.1, 0.15) is 44.1 Å². The average molecular weight is 221 g/mol. The molecule has 86 valence electrons. The predicted octanol–water partition coefficient (Wildman–Crippen LogP) is 2.20. The zero-order valence-corrected chi connectivity index (χ0v) is 9.69. The number of pyridine rings is 1. The van der Waals surface area contributed by atoms with E-state index in [1.165, 1.54) is 6.92 Å². The van der Waals surface area contributed by atoms with Crippen LogP contribution < -0.4 is 4.74 Å². The Morgan fingerprint density at radius 2 is 2.44 bits per heavy atom. The van der Waals surface area contributed by atoms with Crippen LogP contribution in [0, 0.1) is 0 Å². The first-order valence-corrected chi connectivity index (χ1v) is 5.37. The summed E-state index contributed by atoms with van der Waals surface area (Å²) >= 11 is 0. The van der Waals surface area contributed by atoms with Crippen molar-refractivity contribution in [2.45, 2.75) is 32.8 Å². The molecule has 1 aliphatic rings. The second-order valence-corrected chi connectivity index (χ2v) is 4.11. The minimum atomic E-state index is -0.310. The molecule has 0 amide bonds. The topological polar surface area (TPSA) is 48.4 Å². The number of hydrogen-bond donors (Lipinski definition) is 0. The second kappa shape index (κ2) is 4.12. The fourth-order valence-electron chi connectivity index (χ4n) is 1.82. The van der Waals surface area contributed by atoms with Gasteiger partial charge in [-0.05, 0) is 13.0 Å². The van der Waals surface area contributed by atoms with E-state index in [9.17, 15) is 4.79 Å². The van der Waals surface area contributed by atoms with Gasteiger partial charge in [0.2, 0.25) is 0 Å². The summed E-state index contributed by atoms with van der Waals surface area (Å²) in [6.45, 7) is 6.01. The third-order valence-electron chi connectivity index (χ3n) is 2.70. The van der Waals surface area contributed by atoms with Gasteiger partial charge in [-0.15, -0.1) is 0 Å². The van der Waals surface area contributed by atoms with Crippen molar-refractivity contribution in [2.75, 3.05) is 6.61 Å². The molecule has 1 unspecified atom stereocenters. The molecule has 0 aromatic carbocycles. The van der Waals surface area contributed by atoms with Crippen LogP contribution in [0.3, 0.4) is 0 Å². The van der Waals surface area contributed by atoms with Gasteiger partial charge in [-0.25, -0.2) is 0 Å². The lowest BCUT2D eigenvalue weighted by Crippen LogP contribution is -2.07. The summed E-state index contributed by atoms with van der Waals surface area (Å²) in [4.78, 5) is 15.1. The van der Waals surface area contributed by atoms with E-state index in [0.717, 1.165) is 17.0 Å². The van der Waals surface area contributed by atoms with Gasteiger partial charge in [-0.3, -0.25) is 9.78 Å². The molecule has 0 saturated heterocycles. The summed E-state index contributed by atoms with van der Waals surface area (Å²) in [5, 5.41) is 0. The lowest BCUT2D eigenvalue weighted by molar-refractivity contribution is -0.145. The van der Waals surface area contributed by atoms with Gasteiger partial charge in [0.05, 0.1) is 18.5 Å². The maximum absolute atomic E-state index is 10.9. The van der Waals surface area contributed by atoms with Crippen LogP contribution in [0.2, 0.25) is 0 Å². The molecular formula is C12H15NO3. The van der Waals surface area contributed by atoms with Crippen molar-refractivity contribution in [3.63, 3.8) is 0 Å². The van der Waals surface area contributed by atoms with Crippen molar-refractivity contribution >= 4 is 5.97 Å². The fourth-order valence-corrected chi connectivity index (χ4v) is 1.82. The minimum Gasteiger partial charge on any atom is -0.491 e. The van der Waals surface area contributed by atoms with Gasteiger partial charge in [0.25, 0.3) is 0 Å². The number of aromatic nitrogens is 1. The molecule has 2 rings (SSSR count). The Kier molecular flexibility index (Phi) is 2.81. The Morgan fingerprint density at radius 3 is 3.12 bits per heavy atom. The van der Waals surface area contributed by atoms with Crippen molar-refractivity contribution in [1.29, 1.82) is 0 Å². The monoisotopic (exact) mass is 221 g/mol. The Bertz CT molecular complexity index is 417. The molecule has 1 aromatic heterocycles. The molecular weight excluding hydrogens is 206 g/mol. The Morgan fingerprint density at radius 1 is 1.69 bits per heavy atom. The predicted molar refractivity (Wildman–Crippen MR) is 58.3 cm³/mol. The van der Waals surface area contributed by atoms with Gasteiger partial charge in [0, 0.05) is 18.4 Å². The third-order valence-corrected chi connectivity index (χ3v) is 2.70. The highest BCUT2D eigenvalue weighted by Gasteiger charge is 2.22. The van der Waals surface area contributed by atoms with Crippen LogP contribution in [0.4, 0.5) is 0 Å². The second-order valence-electron chi connectivity index (χ2n) is 4.11. The molecule has 16 heavy (non-hydrogen) atoms. The first kappa shape index (κ1) is 10.9. The zero-order valence-electron chi connectivity index (χ0n) is 9.69. The van der Waals surface area contributed by atoms with E-state index in [2.05, 4.69) is 11.9 Å². The summed E-state index contributed by atoms with van der Waals surface area (Å²) in [5.74, 6) is 0.923. The van der Waals surface area contributed by atoms with Crippen LogP contribution >= 0.6 is 0 Å². The van der Waals surface area contributed by atoms with Crippen molar-refractivity contribution < 1.29 is 14.3 Å². The number of carbonyl (C=O) groups excluding carboxylic acids is 1. The van der Waals surface area contributed by atoms with Gasteiger partial charge in [-0.1, -0.05) is 6.92 Å². The van der Waals surface area contributed by atoms with Crippen molar-refractivity contribution in [3.05, 3.63) is 23.5 Å². The van der Waals surface area contributed by atoms with E-state index in [1.807, 2.05) is 13.0 Å². The lowest BCUT2D eigenvalue weighted by Gasteiger charge is -2.12. The van der Waals surface area contributed by atoms with Gasteiger partial charge >= 0.3 is 5.97 Å². The molecule has 0 aliphatic carbocycles. The molecule has 0 bridgehead atoms. The Balaban J connectivity index is 2.24. The highest BCUT2D eigenvalue weighted by molar-refractivity contribution is 5.66. The SMILES string of the molecule is CC(=O)O[C@@H](C)c1cc2c(cn1)OCC2C. The molecule has 0 N–H and O–H groups in total.